The minimum absolute atomic E-state index is 0. The van der Waals surface area contributed by atoms with Gasteiger partial charge in [-0.05, 0) is 6.42 Å². The normalized spacial score (nSPS) is 11.3. The zero-order valence-corrected chi connectivity index (χ0v) is 15.0. The van der Waals surface area contributed by atoms with Gasteiger partial charge in [0.1, 0.15) is 0 Å². The van der Waals surface area contributed by atoms with Gasteiger partial charge in [0.25, 0.3) is 0 Å². The van der Waals surface area contributed by atoms with E-state index in [0.29, 0.717) is 13.2 Å². The van der Waals surface area contributed by atoms with Gasteiger partial charge in [-0.25, -0.2) is 8.42 Å². The Balaban J connectivity index is 0. The molecule has 0 aromatic heterocycles. The van der Waals surface area contributed by atoms with Crippen LogP contribution in [0.5, 0.6) is 0 Å². The summed E-state index contributed by atoms with van der Waals surface area (Å²) in [6.07, 6.45) is 7.36. The number of rotatable bonds is 13. The Bertz CT molecular complexity index is 269. The summed E-state index contributed by atoms with van der Waals surface area (Å²) in [5.41, 5.74) is 0. The van der Waals surface area contributed by atoms with Crippen molar-refractivity contribution < 1.29 is 52.0 Å². The molecule has 0 amide bonds. The maximum atomic E-state index is 10.2. The number of ether oxygens (including phenoxy) is 2. The molecule has 0 aromatic carbocycles. The second-order valence-corrected chi connectivity index (χ2v) is 5.78. The van der Waals surface area contributed by atoms with Crippen molar-refractivity contribution in [3.05, 3.63) is 0 Å². The van der Waals surface area contributed by atoms with Gasteiger partial charge >= 0.3 is 29.6 Å². The molecule has 0 N–H and O–H groups in total. The number of unbranched alkanes of at least 4 members (excludes halogenated alkanes) is 5. The summed E-state index contributed by atoms with van der Waals surface area (Å²) in [4.78, 5) is 0. The fourth-order valence-electron chi connectivity index (χ4n) is 1.47. The van der Waals surface area contributed by atoms with Crippen LogP contribution in [-0.2, 0) is 19.6 Å². The zero-order chi connectivity index (χ0) is 13.7. The third-order valence-electron chi connectivity index (χ3n) is 2.49. The standard InChI is InChI=1S/C12H26O5S.Na/c1-2-3-4-5-6-7-8-16-9-10-17-11-12-18(13,14)15;/h2-12H2,1H3,(H,13,14,15);/q;+1/p-1. The van der Waals surface area contributed by atoms with Crippen LogP contribution in [0.25, 0.3) is 0 Å². The van der Waals surface area contributed by atoms with E-state index in [1.54, 1.807) is 0 Å². The van der Waals surface area contributed by atoms with Crippen molar-refractivity contribution in [2.24, 2.45) is 0 Å². The first-order chi connectivity index (χ1) is 8.56. The van der Waals surface area contributed by atoms with Gasteiger partial charge in [-0.2, -0.15) is 0 Å². The third kappa shape index (κ3) is 21.3. The van der Waals surface area contributed by atoms with E-state index in [-0.39, 0.29) is 36.2 Å². The molecule has 0 aliphatic heterocycles. The molecule has 0 aliphatic rings. The van der Waals surface area contributed by atoms with Gasteiger partial charge < -0.3 is 14.0 Å². The molecule has 0 fully saturated rings. The van der Waals surface area contributed by atoms with E-state index in [9.17, 15) is 13.0 Å². The quantitative estimate of drug-likeness (QED) is 0.246. The Morgan fingerprint density at radius 1 is 0.842 bits per heavy atom. The molecule has 0 rings (SSSR count). The molecule has 0 spiro atoms. The predicted molar refractivity (Wildman–Crippen MR) is 69.6 cm³/mol. The maximum absolute atomic E-state index is 10.2. The average Bonchev–Trinajstić information content (AvgIpc) is 2.29. The average molecular weight is 304 g/mol. The molecule has 0 aliphatic carbocycles. The van der Waals surface area contributed by atoms with Crippen LogP contribution in [0.1, 0.15) is 45.4 Å². The molecule has 110 valence electrons. The zero-order valence-electron chi connectivity index (χ0n) is 12.2. The predicted octanol–water partition coefficient (Wildman–Crippen LogP) is -1.07. The van der Waals surface area contributed by atoms with Crippen molar-refractivity contribution in [1.29, 1.82) is 0 Å². The van der Waals surface area contributed by atoms with E-state index in [0.717, 1.165) is 13.0 Å². The fourth-order valence-corrected chi connectivity index (χ4v) is 1.79. The first-order valence-electron chi connectivity index (χ1n) is 6.65. The van der Waals surface area contributed by atoms with Gasteiger partial charge in [-0.1, -0.05) is 39.0 Å². The summed E-state index contributed by atoms with van der Waals surface area (Å²) in [5.74, 6) is -0.468. The van der Waals surface area contributed by atoms with Crippen molar-refractivity contribution >= 4 is 10.1 Å². The van der Waals surface area contributed by atoms with E-state index < -0.39 is 15.9 Å². The minimum atomic E-state index is -4.15. The largest absolute Gasteiger partial charge is 1.00 e. The molecule has 7 heteroatoms. The molecule has 0 saturated carbocycles. The molecule has 0 heterocycles. The second kappa shape index (κ2) is 15.2. The molecule has 0 unspecified atom stereocenters. The van der Waals surface area contributed by atoms with Crippen molar-refractivity contribution in [3.8, 4) is 0 Å². The Hall–Kier alpha value is 0.830. The Labute approximate surface area is 139 Å². The molecule has 5 nitrogen and oxygen atoms in total. The maximum Gasteiger partial charge on any atom is 1.00 e. The molecule has 0 radical (unpaired) electrons. The van der Waals surface area contributed by atoms with Gasteiger partial charge in [0, 0.05) is 6.61 Å². The van der Waals surface area contributed by atoms with Crippen LogP contribution in [0, 0.1) is 0 Å². The van der Waals surface area contributed by atoms with Crippen molar-refractivity contribution in [2.75, 3.05) is 32.2 Å². The summed E-state index contributed by atoms with van der Waals surface area (Å²) in [7, 11) is -4.15. The topological polar surface area (TPSA) is 75.7 Å². The van der Waals surface area contributed by atoms with E-state index in [2.05, 4.69) is 6.92 Å². The van der Waals surface area contributed by atoms with Gasteiger partial charge in [-0.15, -0.1) is 0 Å². The molecular formula is C12H25NaO5S. The fraction of sp³-hybridized carbons (Fsp3) is 1.00. The molecule has 0 bridgehead atoms. The summed E-state index contributed by atoms with van der Waals surface area (Å²) in [5, 5.41) is 0. The van der Waals surface area contributed by atoms with Crippen LogP contribution in [0.4, 0.5) is 0 Å². The SMILES string of the molecule is CCCCCCCCOCCOCCS(=O)(=O)[O-].[Na+]. The Morgan fingerprint density at radius 2 is 1.37 bits per heavy atom. The Morgan fingerprint density at radius 3 is 1.95 bits per heavy atom. The summed E-state index contributed by atoms with van der Waals surface area (Å²) in [6, 6.07) is 0. The number of hydrogen-bond donors (Lipinski definition) is 0. The summed E-state index contributed by atoms with van der Waals surface area (Å²) < 4.78 is 41.0. The van der Waals surface area contributed by atoms with E-state index in [1.807, 2.05) is 0 Å². The molecule has 0 saturated heterocycles. The first-order valence-corrected chi connectivity index (χ1v) is 8.23. The summed E-state index contributed by atoms with van der Waals surface area (Å²) >= 11 is 0. The van der Waals surface area contributed by atoms with Crippen LogP contribution in [0.3, 0.4) is 0 Å². The van der Waals surface area contributed by atoms with E-state index in [1.165, 1.54) is 32.1 Å². The van der Waals surface area contributed by atoms with Crippen LogP contribution in [0.2, 0.25) is 0 Å². The molecule has 0 atom stereocenters. The van der Waals surface area contributed by atoms with Crippen LogP contribution in [0.15, 0.2) is 0 Å². The molecule has 19 heavy (non-hydrogen) atoms. The molecular weight excluding hydrogens is 279 g/mol. The van der Waals surface area contributed by atoms with Gasteiger partial charge in [-0.3, -0.25) is 0 Å². The van der Waals surface area contributed by atoms with E-state index >= 15 is 0 Å². The van der Waals surface area contributed by atoms with Crippen molar-refractivity contribution in [2.45, 2.75) is 45.4 Å². The van der Waals surface area contributed by atoms with E-state index in [4.69, 9.17) is 9.47 Å². The van der Waals surface area contributed by atoms with Gasteiger partial charge in [0.2, 0.25) is 0 Å². The van der Waals surface area contributed by atoms with Gasteiger partial charge in [0.15, 0.2) is 0 Å². The van der Waals surface area contributed by atoms with Gasteiger partial charge in [0.05, 0.1) is 35.7 Å². The van der Waals surface area contributed by atoms with Crippen LogP contribution in [-0.4, -0.2) is 45.2 Å². The third-order valence-corrected chi connectivity index (χ3v) is 3.16. The van der Waals surface area contributed by atoms with Crippen LogP contribution >= 0.6 is 0 Å². The van der Waals surface area contributed by atoms with Crippen LogP contribution < -0.4 is 29.6 Å². The molecule has 0 aromatic rings. The first kappa shape index (κ1) is 22.1. The monoisotopic (exact) mass is 304 g/mol. The second-order valence-electron chi connectivity index (χ2n) is 4.25. The number of hydrogen-bond acceptors (Lipinski definition) is 5. The summed E-state index contributed by atoms with van der Waals surface area (Å²) in [6.45, 7) is 3.65. The van der Waals surface area contributed by atoms with Crippen molar-refractivity contribution in [3.63, 3.8) is 0 Å². The smallest absolute Gasteiger partial charge is 0.748 e. The Kier molecular flexibility index (Phi) is 17.7. The van der Waals surface area contributed by atoms with Crippen molar-refractivity contribution in [1.82, 2.24) is 0 Å². The minimum Gasteiger partial charge on any atom is -0.748 e.